The molecule has 2 N–H and O–H groups in total. The smallest absolute Gasteiger partial charge is 0.230 e. The van der Waals surface area contributed by atoms with Crippen LogP contribution in [-0.4, -0.2) is 28.4 Å². The Balaban J connectivity index is 2.96. The Morgan fingerprint density at radius 2 is 1.82 bits per heavy atom. The van der Waals surface area contributed by atoms with Gasteiger partial charge in [-0.15, -0.1) is 0 Å². The summed E-state index contributed by atoms with van der Waals surface area (Å²) in [6.07, 6.45) is 3.28. The van der Waals surface area contributed by atoms with Crippen molar-refractivity contribution in [2.45, 2.75) is 78.4 Å². The summed E-state index contributed by atoms with van der Waals surface area (Å²) in [5, 5.41) is 0. The number of nitrogens with zero attached hydrogens (tertiary/aromatic N) is 1. The second-order valence-corrected chi connectivity index (χ2v) is 6.55. The zero-order valence-electron chi connectivity index (χ0n) is 12.2. The molecule has 0 radical (unpaired) electrons. The van der Waals surface area contributed by atoms with E-state index in [9.17, 15) is 4.79 Å². The predicted molar refractivity (Wildman–Crippen MR) is 71.7 cm³/mol. The van der Waals surface area contributed by atoms with Gasteiger partial charge in [0.15, 0.2) is 0 Å². The van der Waals surface area contributed by atoms with E-state index >= 15 is 0 Å². The van der Waals surface area contributed by atoms with E-state index in [1.54, 1.807) is 0 Å². The van der Waals surface area contributed by atoms with E-state index in [0.29, 0.717) is 12.1 Å². The molecule has 3 nitrogen and oxygen atoms in total. The van der Waals surface area contributed by atoms with Crippen LogP contribution in [0.2, 0.25) is 0 Å². The standard InChI is InChI=1S/C14H28N2O/c1-7-11-9-8-10(2)16(11)12(17)13(3,4)14(5,6)15/h10-11H,7-9,15H2,1-6H3. The lowest BCUT2D eigenvalue weighted by Gasteiger charge is -2.42. The van der Waals surface area contributed by atoms with Crippen LogP contribution in [0.25, 0.3) is 0 Å². The Hall–Kier alpha value is -0.570. The summed E-state index contributed by atoms with van der Waals surface area (Å²) in [6, 6.07) is 0.758. The fourth-order valence-corrected chi connectivity index (χ4v) is 2.44. The molecule has 0 aromatic carbocycles. The largest absolute Gasteiger partial charge is 0.336 e. The highest BCUT2D eigenvalue weighted by Gasteiger charge is 2.46. The predicted octanol–water partition coefficient (Wildman–Crippen LogP) is 2.54. The van der Waals surface area contributed by atoms with Crippen molar-refractivity contribution in [1.29, 1.82) is 0 Å². The number of nitrogens with two attached hydrogens (primary N) is 1. The van der Waals surface area contributed by atoms with E-state index in [4.69, 9.17) is 5.73 Å². The second-order valence-electron chi connectivity index (χ2n) is 6.55. The van der Waals surface area contributed by atoms with Crippen LogP contribution in [0, 0.1) is 5.41 Å². The Morgan fingerprint density at radius 1 is 1.29 bits per heavy atom. The van der Waals surface area contributed by atoms with Crippen LogP contribution in [0.4, 0.5) is 0 Å². The minimum atomic E-state index is -0.515. The molecule has 0 spiro atoms. The maximum absolute atomic E-state index is 12.7. The monoisotopic (exact) mass is 240 g/mol. The van der Waals surface area contributed by atoms with Gasteiger partial charge in [-0.3, -0.25) is 4.79 Å². The summed E-state index contributed by atoms with van der Waals surface area (Å²) >= 11 is 0. The van der Waals surface area contributed by atoms with Gasteiger partial charge in [-0.05, 0) is 53.9 Å². The van der Waals surface area contributed by atoms with Gasteiger partial charge in [0.1, 0.15) is 0 Å². The number of rotatable bonds is 3. The maximum Gasteiger partial charge on any atom is 0.230 e. The molecule has 100 valence electrons. The molecule has 0 saturated carbocycles. The number of hydrogen-bond acceptors (Lipinski definition) is 2. The third-order valence-corrected chi connectivity index (χ3v) is 4.64. The molecule has 2 unspecified atom stereocenters. The maximum atomic E-state index is 12.7. The van der Waals surface area contributed by atoms with Crippen LogP contribution in [-0.2, 0) is 4.79 Å². The van der Waals surface area contributed by atoms with Crippen molar-refractivity contribution in [3.63, 3.8) is 0 Å². The van der Waals surface area contributed by atoms with Crippen LogP contribution in [0.5, 0.6) is 0 Å². The molecule has 2 atom stereocenters. The van der Waals surface area contributed by atoms with E-state index < -0.39 is 11.0 Å². The van der Waals surface area contributed by atoms with E-state index in [-0.39, 0.29) is 5.91 Å². The zero-order chi connectivity index (χ0) is 13.4. The summed E-state index contributed by atoms with van der Waals surface area (Å²) in [4.78, 5) is 14.8. The Labute approximate surface area is 106 Å². The zero-order valence-corrected chi connectivity index (χ0v) is 12.2. The SMILES string of the molecule is CCC1CCC(C)N1C(=O)C(C)(C)C(C)(C)N. The van der Waals surface area contributed by atoms with Crippen LogP contribution >= 0.6 is 0 Å². The summed E-state index contributed by atoms with van der Waals surface area (Å²) in [5.41, 5.74) is 5.16. The van der Waals surface area contributed by atoms with Crippen LogP contribution < -0.4 is 5.73 Å². The molecule has 0 aliphatic carbocycles. The number of amides is 1. The quantitative estimate of drug-likeness (QED) is 0.824. The topological polar surface area (TPSA) is 46.3 Å². The summed E-state index contributed by atoms with van der Waals surface area (Å²) in [6.45, 7) is 12.1. The van der Waals surface area contributed by atoms with Crippen molar-refractivity contribution < 1.29 is 4.79 Å². The Bertz CT molecular complexity index is 291. The fourth-order valence-electron chi connectivity index (χ4n) is 2.44. The number of likely N-dealkylation sites (tertiary alicyclic amines) is 1. The molecule has 1 fully saturated rings. The van der Waals surface area contributed by atoms with E-state index in [1.165, 1.54) is 0 Å². The van der Waals surface area contributed by atoms with Gasteiger partial charge in [0.2, 0.25) is 5.91 Å². The average Bonchev–Trinajstić information content (AvgIpc) is 2.56. The first kappa shape index (κ1) is 14.5. The van der Waals surface area contributed by atoms with Crippen molar-refractivity contribution in [3.05, 3.63) is 0 Å². The average molecular weight is 240 g/mol. The molecule has 1 aliphatic rings. The fraction of sp³-hybridized carbons (Fsp3) is 0.929. The van der Waals surface area contributed by atoms with Crippen molar-refractivity contribution >= 4 is 5.91 Å². The van der Waals surface area contributed by atoms with Gasteiger partial charge in [-0.25, -0.2) is 0 Å². The minimum Gasteiger partial charge on any atom is -0.336 e. The molecular weight excluding hydrogens is 212 g/mol. The molecule has 1 heterocycles. The molecule has 3 heteroatoms. The van der Waals surface area contributed by atoms with Gasteiger partial charge < -0.3 is 10.6 Å². The first-order chi connectivity index (χ1) is 7.63. The summed E-state index contributed by atoms with van der Waals surface area (Å²) in [7, 11) is 0. The van der Waals surface area contributed by atoms with Gasteiger partial charge >= 0.3 is 0 Å². The molecule has 1 aliphatic heterocycles. The molecular formula is C14H28N2O. The number of hydrogen-bond donors (Lipinski definition) is 1. The lowest BCUT2D eigenvalue weighted by molar-refractivity contribution is -0.146. The number of carbonyl (C=O) groups is 1. The molecule has 1 amide bonds. The van der Waals surface area contributed by atoms with E-state index in [0.717, 1.165) is 19.3 Å². The van der Waals surface area contributed by atoms with Crippen molar-refractivity contribution in [3.8, 4) is 0 Å². The molecule has 0 bridgehead atoms. The molecule has 0 aromatic rings. The van der Waals surface area contributed by atoms with Gasteiger partial charge in [-0.1, -0.05) is 6.92 Å². The normalized spacial score (nSPS) is 26.4. The summed E-state index contributed by atoms with van der Waals surface area (Å²) in [5.74, 6) is 0.210. The highest BCUT2D eigenvalue weighted by Crippen LogP contribution is 2.36. The lowest BCUT2D eigenvalue weighted by atomic mass is 9.74. The van der Waals surface area contributed by atoms with Gasteiger partial charge in [0.05, 0.1) is 5.41 Å². The third-order valence-electron chi connectivity index (χ3n) is 4.64. The minimum absolute atomic E-state index is 0.210. The first-order valence-electron chi connectivity index (χ1n) is 6.74. The van der Waals surface area contributed by atoms with Gasteiger partial charge in [0.25, 0.3) is 0 Å². The number of carbonyl (C=O) groups excluding carboxylic acids is 1. The third kappa shape index (κ3) is 2.49. The Morgan fingerprint density at radius 3 is 2.24 bits per heavy atom. The molecule has 1 saturated heterocycles. The van der Waals surface area contributed by atoms with Crippen LogP contribution in [0.15, 0.2) is 0 Å². The van der Waals surface area contributed by atoms with Crippen molar-refractivity contribution in [2.24, 2.45) is 11.1 Å². The van der Waals surface area contributed by atoms with Gasteiger partial charge in [0, 0.05) is 17.6 Å². The molecule has 0 aromatic heterocycles. The highest BCUT2D eigenvalue weighted by molar-refractivity contribution is 5.84. The Kier molecular flexibility index (Phi) is 3.92. The van der Waals surface area contributed by atoms with E-state index in [1.807, 2.05) is 27.7 Å². The lowest BCUT2D eigenvalue weighted by Crippen LogP contribution is -2.58. The summed E-state index contributed by atoms with van der Waals surface area (Å²) < 4.78 is 0. The molecule has 1 rings (SSSR count). The highest BCUT2D eigenvalue weighted by atomic mass is 16.2. The van der Waals surface area contributed by atoms with Crippen LogP contribution in [0.3, 0.4) is 0 Å². The first-order valence-corrected chi connectivity index (χ1v) is 6.74. The van der Waals surface area contributed by atoms with Crippen molar-refractivity contribution in [2.75, 3.05) is 0 Å². The van der Waals surface area contributed by atoms with Crippen molar-refractivity contribution in [1.82, 2.24) is 4.90 Å². The van der Waals surface area contributed by atoms with Gasteiger partial charge in [-0.2, -0.15) is 0 Å². The second kappa shape index (κ2) is 4.60. The van der Waals surface area contributed by atoms with Crippen LogP contribution in [0.1, 0.15) is 60.8 Å². The molecule has 17 heavy (non-hydrogen) atoms. The van der Waals surface area contributed by atoms with E-state index in [2.05, 4.69) is 18.7 Å².